The van der Waals surface area contributed by atoms with Crippen LogP contribution in [0.25, 0.3) is 0 Å². The number of aromatic nitrogens is 2. The largest absolute Gasteiger partial charge is 0.373 e. The normalized spacial score (nSPS) is 21.2. The van der Waals surface area contributed by atoms with E-state index in [4.69, 9.17) is 4.74 Å². The van der Waals surface area contributed by atoms with Gasteiger partial charge in [0, 0.05) is 19.7 Å². The minimum absolute atomic E-state index is 0.118. The van der Waals surface area contributed by atoms with E-state index in [2.05, 4.69) is 20.6 Å². The third-order valence-electron chi connectivity index (χ3n) is 3.48. The van der Waals surface area contributed by atoms with Gasteiger partial charge in [0.1, 0.15) is 6.33 Å². The molecule has 1 aliphatic rings. The van der Waals surface area contributed by atoms with E-state index in [-0.39, 0.29) is 22.9 Å². The molecule has 1 aromatic heterocycles. The lowest BCUT2D eigenvalue weighted by atomic mass is 10.0. The second-order valence-corrected chi connectivity index (χ2v) is 5.36. The summed E-state index contributed by atoms with van der Waals surface area (Å²) in [4.78, 5) is 18.8. The summed E-state index contributed by atoms with van der Waals surface area (Å²) in [6.07, 6.45) is 4.12. The van der Waals surface area contributed by atoms with Gasteiger partial charge in [-0.15, -0.1) is 0 Å². The van der Waals surface area contributed by atoms with Crippen LogP contribution in [-0.2, 0) is 4.74 Å². The first-order valence-corrected chi connectivity index (χ1v) is 7.17. The molecule has 0 aromatic carbocycles. The Labute approximate surface area is 123 Å². The number of nitrogens with zero attached hydrogens (tertiary/aromatic N) is 3. The Hall–Kier alpha value is -1.96. The number of anilines is 2. The monoisotopic (exact) mass is 295 g/mol. The summed E-state index contributed by atoms with van der Waals surface area (Å²) in [6, 6.07) is 0. The van der Waals surface area contributed by atoms with Crippen LogP contribution in [0, 0.1) is 10.1 Å². The highest BCUT2D eigenvalue weighted by atomic mass is 16.6. The molecular weight excluding hydrogens is 274 g/mol. The Kier molecular flexibility index (Phi) is 4.89. The summed E-state index contributed by atoms with van der Waals surface area (Å²) in [5.74, 6) is 0.474. The Bertz CT molecular complexity index is 503. The van der Waals surface area contributed by atoms with Crippen LogP contribution >= 0.6 is 0 Å². The Morgan fingerprint density at radius 3 is 2.71 bits per heavy atom. The summed E-state index contributed by atoms with van der Waals surface area (Å²) in [5.41, 5.74) is -0.414. The molecule has 8 nitrogen and oxygen atoms in total. The maximum atomic E-state index is 11.3. The van der Waals surface area contributed by atoms with Gasteiger partial charge in [0.05, 0.1) is 10.5 Å². The summed E-state index contributed by atoms with van der Waals surface area (Å²) in [5, 5.41) is 17.3. The first-order chi connectivity index (χ1) is 10.1. The highest BCUT2D eigenvalue weighted by Crippen LogP contribution is 2.31. The van der Waals surface area contributed by atoms with Crippen molar-refractivity contribution in [2.75, 3.05) is 30.3 Å². The van der Waals surface area contributed by atoms with Gasteiger partial charge in [0.2, 0.25) is 11.6 Å². The third-order valence-corrected chi connectivity index (χ3v) is 3.48. The SMILES string of the molecule is CCCNc1ncnc(NCC2(C)CCCO2)c1[N+](=O)[O-]. The van der Waals surface area contributed by atoms with E-state index in [0.717, 1.165) is 25.9 Å². The lowest BCUT2D eigenvalue weighted by Crippen LogP contribution is -2.33. The predicted octanol–water partition coefficient (Wildman–Crippen LogP) is 2.19. The number of hydrogen-bond acceptors (Lipinski definition) is 7. The van der Waals surface area contributed by atoms with Crippen molar-refractivity contribution in [2.45, 2.75) is 38.7 Å². The zero-order valence-corrected chi connectivity index (χ0v) is 12.4. The summed E-state index contributed by atoms with van der Waals surface area (Å²) < 4.78 is 5.67. The van der Waals surface area contributed by atoms with E-state index in [9.17, 15) is 10.1 Å². The maximum absolute atomic E-state index is 11.3. The molecule has 0 saturated carbocycles. The van der Waals surface area contributed by atoms with Gasteiger partial charge in [-0.05, 0) is 26.2 Å². The molecule has 1 atom stereocenters. The number of ether oxygens (including phenoxy) is 1. The molecule has 2 heterocycles. The van der Waals surface area contributed by atoms with Gasteiger partial charge in [-0.3, -0.25) is 10.1 Å². The second-order valence-electron chi connectivity index (χ2n) is 5.36. The smallest absolute Gasteiger partial charge is 0.353 e. The number of rotatable bonds is 7. The van der Waals surface area contributed by atoms with E-state index < -0.39 is 4.92 Å². The lowest BCUT2D eigenvalue weighted by molar-refractivity contribution is -0.383. The number of nitrogens with one attached hydrogen (secondary N) is 2. The second kappa shape index (κ2) is 6.66. The molecule has 0 bridgehead atoms. The van der Waals surface area contributed by atoms with Crippen molar-refractivity contribution in [3.63, 3.8) is 0 Å². The van der Waals surface area contributed by atoms with Gasteiger partial charge in [0.25, 0.3) is 0 Å². The third kappa shape index (κ3) is 3.78. The van der Waals surface area contributed by atoms with Crippen LogP contribution in [0.4, 0.5) is 17.3 Å². The average Bonchev–Trinajstić information content (AvgIpc) is 2.90. The van der Waals surface area contributed by atoms with E-state index in [1.807, 2.05) is 13.8 Å². The molecule has 21 heavy (non-hydrogen) atoms. The van der Waals surface area contributed by atoms with E-state index >= 15 is 0 Å². The van der Waals surface area contributed by atoms with Gasteiger partial charge in [0.15, 0.2) is 0 Å². The standard InChI is InChI=1S/C13H21N5O3/c1-3-6-14-11-10(18(19)20)12(17-9-16-11)15-8-13(2)5-4-7-21-13/h9H,3-8H2,1-2H3,(H2,14,15,16,17). The van der Waals surface area contributed by atoms with Crippen molar-refractivity contribution in [3.05, 3.63) is 16.4 Å². The topological polar surface area (TPSA) is 102 Å². The van der Waals surface area contributed by atoms with Crippen LogP contribution in [0.2, 0.25) is 0 Å². The van der Waals surface area contributed by atoms with Crippen LogP contribution in [0.1, 0.15) is 33.1 Å². The summed E-state index contributed by atoms with van der Waals surface area (Å²) in [7, 11) is 0. The minimum atomic E-state index is -0.460. The van der Waals surface area contributed by atoms with Crippen molar-refractivity contribution in [1.82, 2.24) is 9.97 Å². The molecular formula is C13H21N5O3. The maximum Gasteiger partial charge on any atom is 0.353 e. The molecule has 1 saturated heterocycles. The Balaban J connectivity index is 2.15. The molecule has 0 aliphatic carbocycles. The lowest BCUT2D eigenvalue weighted by Gasteiger charge is -2.23. The van der Waals surface area contributed by atoms with Crippen molar-refractivity contribution in [1.29, 1.82) is 0 Å². The first-order valence-electron chi connectivity index (χ1n) is 7.17. The number of hydrogen-bond donors (Lipinski definition) is 2. The van der Waals surface area contributed by atoms with Crippen LogP contribution in [0.15, 0.2) is 6.33 Å². The molecule has 0 radical (unpaired) electrons. The van der Waals surface area contributed by atoms with Gasteiger partial charge in [-0.25, -0.2) is 9.97 Å². The van der Waals surface area contributed by atoms with Gasteiger partial charge < -0.3 is 15.4 Å². The molecule has 2 rings (SSSR count). The van der Waals surface area contributed by atoms with Crippen LogP contribution < -0.4 is 10.6 Å². The minimum Gasteiger partial charge on any atom is -0.373 e. The van der Waals surface area contributed by atoms with Crippen LogP contribution in [0.5, 0.6) is 0 Å². The fourth-order valence-corrected chi connectivity index (χ4v) is 2.30. The highest BCUT2D eigenvalue weighted by Gasteiger charge is 2.31. The fourth-order valence-electron chi connectivity index (χ4n) is 2.30. The van der Waals surface area contributed by atoms with E-state index in [1.54, 1.807) is 0 Å². The molecule has 1 aromatic rings. The van der Waals surface area contributed by atoms with Crippen molar-refractivity contribution >= 4 is 17.3 Å². The Morgan fingerprint density at radius 2 is 2.14 bits per heavy atom. The molecule has 0 spiro atoms. The van der Waals surface area contributed by atoms with E-state index in [1.165, 1.54) is 6.33 Å². The van der Waals surface area contributed by atoms with Crippen molar-refractivity contribution in [2.24, 2.45) is 0 Å². The summed E-state index contributed by atoms with van der Waals surface area (Å²) in [6.45, 7) is 5.82. The van der Waals surface area contributed by atoms with Crippen molar-refractivity contribution in [3.8, 4) is 0 Å². The van der Waals surface area contributed by atoms with Crippen LogP contribution in [0.3, 0.4) is 0 Å². The Morgan fingerprint density at radius 1 is 1.43 bits per heavy atom. The molecule has 0 amide bonds. The molecule has 1 fully saturated rings. The highest BCUT2D eigenvalue weighted by molar-refractivity contribution is 5.69. The van der Waals surface area contributed by atoms with Crippen molar-refractivity contribution < 1.29 is 9.66 Å². The fraction of sp³-hybridized carbons (Fsp3) is 0.692. The van der Waals surface area contributed by atoms with Crippen LogP contribution in [-0.4, -0.2) is 40.2 Å². The van der Waals surface area contributed by atoms with Gasteiger partial charge in [-0.1, -0.05) is 6.92 Å². The number of nitro groups is 1. The molecule has 116 valence electrons. The van der Waals surface area contributed by atoms with E-state index in [0.29, 0.717) is 13.1 Å². The zero-order valence-electron chi connectivity index (χ0n) is 12.4. The summed E-state index contributed by atoms with van der Waals surface area (Å²) >= 11 is 0. The quantitative estimate of drug-likeness (QED) is 0.587. The molecule has 2 N–H and O–H groups in total. The predicted molar refractivity (Wildman–Crippen MR) is 79.5 cm³/mol. The molecule has 8 heteroatoms. The van der Waals surface area contributed by atoms with Gasteiger partial charge >= 0.3 is 5.69 Å². The average molecular weight is 295 g/mol. The zero-order chi connectivity index (χ0) is 15.3. The van der Waals surface area contributed by atoms with Gasteiger partial charge in [-0.2, -0.15) is 0 Å². The first kappa shape index (κ1) is 15.4. The molecule has 1 unspecified atom stereocenters. The molecule has 1 aliphatic heterocycles.